The van der Waals surface area contributed by atoms with Crippen molar-refractivity contribution in [3.05, 3.63) is 28.2 Å². The fourth-order valence-electron chi connectivity index (χ4n) is 1.27. The molecule has 0 aliphatic carbocycles. The van der Waals surface area contributed by atoms with Gasteiger partial charge in [-0.15, -0.1) is 0 Å². The SMILES string of the molecule is CC(Nc1ccc(Br)cc1C(F)(F)F)/C(N)=N/O. The minimum absolute atomic E-state index is 0.134. The highest BCUT2D eigenvalue weighted by Gasteiger charge is 2.34. The number of hydrogen-bond acceptors (Lipinski definition) is 3. The normalized spacial score (nSPS) is 14.4. The number of alkyl halides is 3. The van der Waals surface area contributed by atoms with Crippen molar-refractivity contribution in [1.29, 1.82) is 0 Å². The van der Waals surface area contributed by atoms with Crippen LogP contribution >= 0.6 is 15.9 Å². The summed E-state index contributed by atoms with van der Waals surface area (Å²) in [6, 6.07) is 2.98. The van der Waals surface area contributed by atoms with Gasteiger partial charge < -0.3 is 16.3 Å². The van der Waals surface area contributed by atoms with E-state index in [-0.39, 0.29) is 11.5 Å². The highest BCUT2D eigenvalue weighted by atomic mass is 79.9. The number of benzene rings is 1. The molecular weight excluding hydrogens is 315 g/mol. The van der Waals surface area contributed by atoms with Crippen molar-refractivity contribution in [3.63, 3.8) is 0 Å². The molecule has 1 aromatic carbocycles. The molecule has 1 unspecified atom stereocenters. The summed E-state index contributed by atoms with van der Waals surface area (Å²) in [5.74, 6) is -0.203. The van der Waals surface area contributed by atoms with Crippen LogP contribution in [0.15, 0.2) is 27.8 Å². The second-order valence-electron chi connectivity index (χ2n) is 3.58. The first kappa shape index (κ1) is 14.6. The Balaban J connectivity index is 3.10. The molecule has 1 rings (SSSR count). The molecule has 0 heterocycles. The van der Waals surface area contributed by atoms with E-state index in [1.807, 2.05) is 0 Å². The average Bonchev–Trinajstić information content (AvgIpc) is 2.28. The summed E-state index contributed by atoms with van der Waals surface area (Å²) in [5, 5.41) is 13.7. The zero-order valence-electron chi connectivity index (χ0n) is 9.29. The Morgan fingerprint density at radius 2 is 2.11 bits per heavy atom. The Bertz CT molecular complexity index is 462. The summed E-state index contributed by atoms with van der Waals surface area (Å²) in [6.07, 6.45) is -4.49. The van der Waals surface area contributed by atoms with Crippen molar-refractivity contribution >= 4 is 27.5 Å². The Morgan fingerprint density at radius 1 is 1.50 bits per heavy atom. The van der Waals surface area contributed by atoms with E-state index in [0.717, 1.165) is 6.07 Å². The zero-order chi connectivity index (χ0) is 13.9. The Hall–Kier alpha value is -1.44. The number of amidine groups is 1. The van der Waals surface area contributed by atoms with E-state index in [9.17, 15) is 13.2 Å². The molecule has 100 valence electrons. The second-order valence-corrected chi connectivity index (χ2v) is 4.49. The van der Waals surface area contributed by atoms with Gasteiger partial charge in [0.1, 0.15) is 0 Å². The summed E-state index contributed by atoms with van der Waals surface area (Å²) >= 11 is 2.98. The third kappa shape index (κ3) is 3.52. The fraction of sp³-hybridized carbons (Fsp3) is 0.300. The third-order valence-electron chi connectivity index (χ3n) is 2.22. The van der Waals surface area contributed by atoms with E-state index in [2.05, 4.69) is 26.4 Å². The largest absolute Gasteiger partial charge is 0.418 e. The Kier molecular flexibility index (Phi) is 4.44. The van der Waals surface area contributed by atoms with Crippen LogP contribution in [0.1, 0.15) is 12.5 Å². The number of nitrogens with zero attached hydrogens (tertiary/aromatic N) is 1. The molecule has 1 atom stereocenters. The van der Waals surface area contributed by atoms with Gasteiger partial charge in [-0.2, -0.15) is 13.2 Å². The molecule has 0 spiro atoms. The maximum Gasteiger partial charge on any atom is 0.418 e. The van der Waals surface area contributed by atoms with Crippen molar-refractivity contribution in [2.45, 2.75) is 19.1 Å². The summed E-state index contributed by atoms with van der Waals surface area (Å²) < 4.78 is 38.7. The van der Waals surface area contributed by atoms with E-state index in [0.29, 0.717) is 4.47 Å². The van der Waals surface area contributed by atoms with Gasteiger partial charge >= 0.3 is 6.18 Å². The number of anilines is 1. The van der Waals surface area contributed by atoms with Gasteiger partial charge in [-0.1, -0.05) is 21.1 Å². The second kappa shape index (κ2) is 5.47. The highest BCUT2D eigenvalue weighted by Crippen LogP contribution is 2.36. The first-order chi connectivity index (χ1) is 8.25. The van der Waals surface area contributed by atoms with E-state index in [1.165, 1.54) is 19.1 Å². The lowest BCUT2D eigenvalue weighted by atomic mass is 10.1. The van der Waals surface area contributed by atoms with Gasteiger partial charge in [-0.3, -0.25) is 0 Å². The molecule has 0 bridgehead atoms. The van der Waals surface area contributed by atoms with Gasteiger partial charge in [0, 0.05) is 10.2 Å². The molecule has 8 heteroatoms. The Morgan fingerprint density at radius 3 is 2.61 bits per heavy atom. The van der Waals surface area contributed by atoms with E-state index in [4.69, 9.17) is 10.9 Å². The predicted molar refractivity (Wildman–Crippen MR) is 65.6 cm³/mol. The molecule has 1 aromatic rings. The maximum absolute atomic E-state index is 12.8. The fourth-order valence-corrected chi connectivity index (χ4v) is 1.63. The Labute approximate surface area is 110 Å². The molecule has 4 nitrogen and oxygen atoms in total. The first-order valence-corrected chi connectivity index (χ1v) is 5.65. The van der Waals surface area contributed by atoms with Gasteiger partial charge in [0.05, 0.1) is 11.6 Å². The lowest BCUT2D eigenvalue weighted by Crippen LogP contribution is -2.33. The molecule has 0 fully saturated rings. The lowest BCUT2D eigenvalue weighted by molar-refractivity contribution is -0.137. The number of nitrogens with two attached hydrogens (primary N) is 1. The van der Waals surface area contributed by atoms with Gasteiger partial charge in [0.2, 0.25) is 0 Å². The van der Waals surface area contributed by atoms with Crippen LogP contribution in [0.25, 0.3) is 0 Å². The summed E-state index contributed by atoms with van der Waals surface area (Å²) in [5.41, 5.74) is 4.34. The monoisotopic (exact) mass is 325 g/mol. The molecule has 0 aliphatic heterocycles. The van der Waals surface area contributed by atoms with Crippen molar-refractivity contribution < 1.29 is 18.4 Å². The van der Waals surface area contributed by atoms with Crippen molar-refractivity contribution in [2.75, 3.05) is 5.32 Å². The zero-order valence-corrected chi connectivity index (χ0v) is 10.9. The van der Waals surface area contributed by atoms with Crippen LogP contribution in [0.3, 0.4) is 0 Å². The number of nitrogens with one attached hydrogen (secondary N) is 1. The van der Waals surface area contributed by atoms with Crippen LogP contribution in [-0.2, 0) is 6.18 Å². The summed E-state index contributed by atoms with van der Waals surface area (Å²) in [7, 11) is 0. The van der Waals surface area contributed by atoms with E-state index in [1.54, 1.807) is 0 Å². The molecule has 4 N–H and O–H groups in total. The minimum Gasteiger partial charge on any atom is -0.409 e. The molecule has 0 radical (unpaired) electrons. The molecule has 0 saturated heterocycles. The third-order valence-corrected chi connectivity index (χ3v) is 2.71. The molecule has 0 aliphatic rings. The quantitative estimate of drug-likeness (QED) is 0.346. The van der Waals surface area contributed by atoms with Gasteiger partial charge in [-0.25, -0.2) is 0 Å². The number of oxime groups is 1. The van der Waals surface area contributed by atoms with Crippen LogP contribution < -0.4 is 11.1 Å². The average molecular weight is 326 g/mol. The molecule has 0 aromatic heterocycles. The van der Waals surface area contributed by atoms with Crippen LogP contribution in [0.5, 0.6) is 0 Å². The van der Waals surface area contributed by atoms with Gasteiger partial charge in [0.25, 0.3) is 0 Å². The first-order valence-electron chi connectivity index (χ1n) is 4.86. The van der Waals surface area contributed by atoms with E-state index < -0.39 is 17.8 Å². The van der Waals surface area contributed by atoms with Crippen LogP contribution in [0.4, 0.5) is 18.9 Å². The summed E-state index contributed by atoms with van der Waals surface area (Å²) in [6.45, 7) is 1.48. The van der Waals surface area contributed by atoms with Crippen LogP contribution in [0.2, 0.25) is 0 Å². The number of halogens is 4. The minimum atomic E-state index is -4.49. The molecular formula is C10H11BrF3N3O. The topological polar surface area (TPSA) is 70.6 Å². The predicted octanol–water partition coefficient (Wildman–Crippen LogP) is 3.01. The maximum atomic E-state index is 12.8. The van der Waals surface area contributed by atoms with Gasteiger partial charge in [-0.05, 0) is 25.1 Å². The van der Waals surface area contributed by atoms with Crippen molar-refractivity contribution in [3.8, 4) is 0 Å². The smallest absolute Gasteiger partial charge is 0.409 e. The summed E-state index contributed by atoms with van der Waals surface area (Å²) in [4.78, 5) is 0. The number of hydrogen-bond donors (Lipinski definition) is 3. The lowest BCUT2D eigenvalue weighted by Gasteiger charge is -2.18. The molecule has 0 saturated carbocycles. The molecule has 18 heavy (non-hydrogen) atoms. The number of rotatable bonds is 3. The van der Waals surface area contributed by atoms with Crippen LogP contribution in [0, 0.1) is 0 Å². The van der Waals surface area contributed by atoms with Crippen molar-refractivity contribution in [2.24, 2.45) is 10.9 Å². The van der Waals surface area contributed by atoms with Crippen LogP contribution in [-0.4, -0.2) is 17.1 Å². The molecule has 0 amide bonds. The van der Waals surface area contributed by atoms with Gasteiger partial charge in [0.15, 0.2) is 5.84 Å². The standard InChI is InChI=1S/C10H11BrF3N3O/c1-5(9(15)17-18)16-8-3-2-6(11)4-7(8)10(12,13)14/h2-5,16,18H,1H3,(H2,15,17). The van der Waals surface area contributed by atoms with Crippen molar-refractivity contribution in [1.82, 2.24) is 0 Å². The van der Waals surface area contributed by atoms with E-state index >= 15 is 0 Å². The highest BCUT2D eigenvalue weighted by molar-refractivity contribution is 9.10.